The molecule has 258 valence electrons. The molecular weight excluding hydrogens is 701 g/mol. The first kappa shape index (κ1) is 34.0. The number of amides is 2. The van der Waals surface area contributed by atoms with E-state index in [0.29, 0.717) is 44.7 Å². The summed E-state index contributed by atoms with van der Waals surface area (Å²) in [7, 11) is 0. The highest BCUT2D eigenvalue weighted by Crippen LogP contribution is 2.30. The van der Waals surface area contributed by atoms with Crippen molar-refractivity contribution in [2.45, 2.75) is 10.3 Å². The van der Waals surface area contributed by atoms with E-state index in [1.165, 1.54) is 23.5 Å². The van der Waals surface area contributed by atoms with Crippen molar-refractivity contribution in [3.8, 4) is 34.4 Å². The molecule has 0 saturated heterocycles. The number of thioether (sulfide) groups is 2. The van der Waals surface area contributed by atoms with Gasteiger partial charge in [-0.2, -0.15) is 9.36 Å². The average molecular weight is 729 g/mol. The molecule has 0 atom stereocenters. The highest BCUT2D eigenvalue weighted by atomic mass is 32.2. The molecule has 2 amide bonds. The normalized spacial score (nSPS) is 10.8. The van der Waals surface area contributed by atoms with Crippen molar-refractivity contribution < 1.29 is 19.1 Å². The van der Waals surface area contributed by atoms with Gasteiger partial charge in [0.1, 0.15) is 23.0 Å². The molecule has 0 aliphatic heterocycles. The van der Waals surface area contributed by atoms with E-state index in [1.807, 2.05) is 78.9 Å². The van der Waals surface area contributed by atoms with Crippen LogP contribution >= 0.6 is 23.5 Å². The lowest BCUT2D eigenvalue weighted by molar-refractivity contribution is -0.114. The van der Waals surface area contributed by atoms with Gasteiger partial charge in [-0.3, -0.25) is 9.59 Å². The van der Waals surface area contributed by atoms with Gasteiger partial charge in [-0.05, 0) is 106 Å². The number of hydrogen-bond acceptors (Lipinski definition) is 12. The molecule has 0 spiro atoms. The van der Waals surface area contributed by atoms with Gasteiger partial charge in [0.25, 0.3) is 0 Å². The molecule has 2 aromatic heterocycles. The first-order chi connectivity index (χ1) is 25.6. The van der Waals surface area contributed by atoms with Crippen LogP contribution in [0.3, 0.4) is 0 Å². The number of aromatic nitrogens is 8. The van der Waals surface area contributed by atoms with Gasteiger partial charge in [-0.25, -0.2) is 0 Å². The molecule has 52 heavy (non-hydrogen) atoms. The number of carbonyl (C=O) groups excluding carboxylic acids is 2. The Kier molecular flexibility index (Phi) is 10.7. The summed E-state index contributed by atoms with van der Waals surface area (Å²) in [5, 5.41) is 30.3. The predicted octanol–water partition coefficient (Wildman–Crippen LogP) is 6.68. The van der Waals surface area contributed by atoms with E-state index in [0.717, 1.165) is 11.4 Å². The zero-order valence-electron chi connectivity index (χ0n) is 27.1. The van der Waals surface area contributed by atoms with Crippen molar-refractivity contribution in [1.29, 1.82) is 0 Å². The molecule has 0 aliphatic carbocycles. The van der Waals surface area contributed by atoms with E-state index in [4.69, 9.17) is 9.47 Å². The van der Waals surface area contributed by atoms with Crippen LogP contribution in [0.2, 0.25) is 0 Å². The lowest BCUT2D eigenvalue weighted by atomic mass is 10.2. The quantitative estimate of drug-likeness (QED) is 0.114. The number of anilines is 2. The van der Waals surface area contributed by atoms with Crippen LogP contribution < -0.4 is 20.1 Å². The average Bonchev–Trinajstić information content (AvgIpc) is 3.86. The molecule has 0 radical (unpaired) electrons. The summed E-state index contributed by atoms with van der Waals surface area (Å²) in [5.41, 5.74) is 2.88. The molecule has 14 nitrogen and oxygen atoms in total. The summed E-state index contributed by atoms with van der Waals surface area (Å²) in [6.07, 6.45) is 0. The minimum atomic E-state index is -0.195. The summed E-state index contributed by atoms with van der Waals surface area (Å²) < 4.78 is 15.2. The molecule has 0 unspecified atom stereocenters. The van der Waals surface area contributed by atoms with E-state index in [-0.39, 0.29) is 23.3 Å². The van der Waals surface area contributed by atoms with Crippen molar-refractivity contribution in [2.24, 2.45) is 0 Å². The number of nitrogens with zero attached hydrogens (tertiary/aromatic N) is 8. The molecule has 2 heterocycles. The summed E-state index contributed by atoms with van der Waals surface area (Å²) >= 11 is 2.48. The highest BCUT2D eigenvalue weighted by Gasteiger charge is 2.13. The third-order valence-electron chi connectivity index (χ3n) is 7.10. The van der Waals surface area contributed by atoms with Crippen LogP contribution in [-0.4, -0.2) is 63.7 Å². The van der Waals surface area contributed by atoms with Gasteiger partial charge in [-0.15, -0.1) is 10.2 Å². The molecule has 0 bridgehead atoms. The predicted molar refractivity (Wildman–Crippen MR) is 196 cm³/mol. The standard InChI is InChI=1S/C36H28N10O4S2/c47-33(23-51-35-39-41-43-45(35)27-8-3-1-4-9-27)37-25-14-18-29(19-15-25)49-31-12-7-13-32(22-31)50-30-20-16-26(17-21-30)38-34(48)24-52-36-40-42-44-46(36)28-10-5-2-6-11-28/h1-22H,23-24H2,(H,37,47)(H,38,48). The molecule has 5 aromatic carbocycles. The number of tetrazole rings is 2. The van der Waals surface area contributed by atoms with Crippen LogP contribution in [0.5, 0.6) is 23.0 Å². The molecule has 0 saturated carbocycles. The first-order valence-electron chi connectivity index (χ1n) is 15.7. The van der Waals surface area contributed by atoms with Crippen molar-refractivity contribution >= 4 is 46.7 Å². The number of para-hydroxylation sites is 2. The van der Waals surface area contributed by atoms with Crippen LogP contribution in [0.1, 0.15) is 0 Å². The minimum absolute atomic E-state index is 0.133. The number of nitrogens with one attached hydrogen (secondary N) is 2. The van der Waals surface area contributed by atoms with Crippen LogP contribution in [0.15, 0.2) is 144 Å². The second-order valence-electron chi connectivity index (χ2n) is 10.8. The molecule has 7 rings (SSSR count). The molecule has 7 aromatic rings. The summed E-state index contributed by atoms with van der Waals surface area (Å²) in [6.45, 7) is 0. The van der Waals surface area contributed by atoms with Gasteiger partial charge in [0.05, 0.1) is 22.9 Å². The van der Waals surface area contributed by atoms with Crippen LogP contribution in [0.4, 0.5) is 11.4 Å². The molecule has 0 aliphatic rings. The Balaban J connectivity index is 0.867. The van der Waals surface area contributed by atoms with E-state index in [1.54, 1.807) is 64.0 Å². The second-order valence-corrected chi connectivity index (χ2v) is 12.7. The fourth-order valence-electron chi connectivity index (χ4n) is 4.74. The smallest absolute Gasteiger partial charge is 0.234 e. The topological polar surface area (TPSA) is 164 Å². The van der Waals surface area contributed by atoms with Crippen molar-refractivity contribution in [3.05, 3.63) is 133 Å². The van der Waals surface area contributed by atoms with E-state index in [2.05, 4.69) is 41.7 Å². The van der Waals surface area contributed by atoms with E-state index >= 15 is 0 Å². The summed E-state index contributed by atoms with van der Waals surface area (Å²) in [5.74, 6) is 2.19. The highest BCUT2D eigenvalue weighted by molar-refractivity contribution is 8.00. The number of benzene rings is 5. The van der Waals surface area contributed by atoms with Gasteiger partial charge < -0.3 is 20.1 Å². The third-order valence-corrected chi connectivity index (χ3v) is 8.94. The summed E-state index contributed by atoms with van der Waals surface area (Å²) in [4.78, 5) is 25.2. The van der Waals surface area contributed by atoms with Crippen LogP contribution in [-0.2, 0) is 9.59 Å². The van der Waals surface area contributed by atoms with Gasteiger partial charge in [-0.1, -0.05) is 66.0 Å². The Morgan fingerprint density at radius 1 is 0.519 bits per heavy atom. The van der Waals surface area contributed by atoms with Gasteiger partial charge in [0, 0.05) is 17.4 Å². The molecular formula is C36H28N10O4S2. The lowest BCUT2D eigenvalue weighted by Crippen LogP contribution is -2.14. The Morgan fingerprint density at radius 2 is 0.942 bits per heavy atom. The van der Waals surface area contributed by atoms with Gasteiger partial charge in [0.15, 0.2) is 0 Å². The van der Waals surface area contributed by atoms with Crippen LogP contribution in [0.25, 0.3) is 11.4 Å². The SMILES string of the molecule is O=C(CSc1nnnn1-c1ccccc1)Nc1ccc(Oc2cccc(Oc3ccc(NC(=O)CSc4nnnn4-c4ccccc4)cc3)c2)cc1. The lowest BCUT2D eigenvalue weighted by Gasteiger charge is -2.11. The van der Waals surface area contributed by atoms with Crippen molar-refractivity contribution in [2.75, 3.05) is 22.1 Å². The monoisotopic (exact) mass is 728 g/mol. The van der Waals surface area contributed by atoms with Crippen molar-refractivity contribution in [1.82, 2.24) is 40.4 Å². The second kappa shape index (κ2) is 16.5. The fourth-order valence-corrected chi connectivity index (χ4v) is 6.12. The zero-order valence-corrected chi connectivity index (χ0v) is 28.8. The van der Waals surface area contributed by atoms with Crippen LogP contribution in [0, 0.1) is 0 Å². The Hall–Kier alpha value is -6.52. The van der Waals surface area contributed by atoms with E-state index < -0.39 is 0 Å². The fraction of sp³-hybridized carbons (Fsp3) is 0.0556. The number of rotatable bonds is 14. The maximum Gasteiger partial charge on any atom is 0.234 e. The number of ether oxygens (including phenoxy) is 2. The maximum atomic E-state index is 12.6. The Morgan fingerprint density at radius 3 is 1.37 bits per heavy atom. The third kappa shape index (κ3) is 8.98. The number of carbonyl (C=O) groups is 2. The zero-order chi connectivity index (χ0) is 35.5. The summed E-state index contributed by atoms with van der Waals surface area (Å²) in [6, 6.07) is 40.3. The Labute approximate surface area is 305 Å². The largest absolute Gasteiger partial charge is 0.457 e. The molecule has 0 fully saturated rings. The minimum Gasteiger partial charge on any atom is -0.457 e. The molecule has 16 heteroatoms. The van der Waals surface area contributed by atoms with Crippen molar-refractivity contribution in [3.63, 3.8) is 0 Å². The molecule has 2 N–H and O–H groups in total. The maximum absolute atomic E-state index is 12.6. The first-order valence-corrected chi connectivity index (χ1v) is 17.7. The van der Waals surface area contributed by atoms with E-state index in [9.17, 15) is 9.59 Å². The number of hydrogen-bond donors (Lipinski definition) is 2. The Bertz CT molecular complexity index is 2100. The van der Waals surface area contributed by atoms with Gasteiger partial charge >= 0.3 is 0 Å². The van der Waals surface area contributed by atoms with Gasteiger partial charge in [0.2, 0.25) is 22.1 Å².